The van der Waals surface area contributed by atoms with E-state index in [1.165, 1.54) is 0 Å². The largest absolute Gasteiger partial charge is 0.481 e. The summed E-state index contributed by atoms with van der Waals surface area (Å²) in [5.41, 5.74) is 0. The summed E-state index contributed by atoms with van der Waals surface area (Å²) < 4.78 is 0. The van der Waals surface area contributed by atoms with Crippen molar-refractivity contribution in [2.75, 3.05) is 46.3 Å². The first-order chi connectivity index (χ1) is 9.44. The molecule has 20 heavy (non-hydrogen) atoms. The van der Waals surface area contributed by atoms with Gasteiger partial charge in [-0.05, 0) is 32.6 Å². The van der Waals surface area contributed by atoms with Gasteiger partial charge in [0.15, 0.2) is 0 Å². The Morgan fingerprint density at radius 2 is 1.70 bits per heavy atom. The number of carbonyl (C=O) groups is 2. The molecule has 0 aromatic heterocycles. The Hall–Kier alpha value is -1.14. The van der Waals surface area contributed by atoms with Crippen LogP contribution in [0.5, 0.6) is 0 Å². The molecule has 1 atom stereocenters. The normalized spacial score (nSPS) is 12.7. The van der Waals surface area contributed by atoms with Crippen molar-refractivity contribution in [2.24, 2.45) is 5.92 Å². The van der Waals surface area contributed by atoms with E-state index >= 15 is 0 Å². The van der Waals surface area contributed by atoms with Crippen LogP contribution in [-0.4, -0.2) is 73.1 Å². The van der Waals surface area contributed by atoms with Crippen molar-refractivity contribution >= 4 is 11.9 Å². The van der Waals surface area contributed by atoms with Crippen molar-refractivity contribution in [3.8, 4) is 0 Å². The van der Waals surface area contributed by atoms with Gasteiger partial charge in [-0.25, -0.2) is 0 Å². The number of carbonyl (C=O) groups excluding carboxylic acids is 1. The molecule has 0 fully saturated rings. The van der Waals surface area contributed by atoms with Crippen molar-refractivity contribution < 1.29 is 14.7 Å². The van der Waals surface area contributed by atoms with Gasteiger partial charge in [-0.1, -0.05) is 20.8 Å². The van der Waals surface area contributed by atoms with Gasteiger partial charge in [0, 0.05) is 13.6 Å². The maximum Gasteiger partial charge on any atom is 0.307 e. The third-order valence-corrected chi connectivity index (χ3v) is 3.44. The first-order valence-electron chi connectivity index (χ1n) is 7.32. The van der Waals surface area contributed by atoms with Gasteiger partial charge in [-0.2, -0.15) is 0 Å². The van der Waals surface area contributed by atoms with Gasteiger partial charge in [0.1, 0.15) is 0 Å². The molecule has 0 aliphatic carbocycles. The fraction of sp³-hybridized carbons (Fsp3) is 0.857. The number of nitrogens with zero attached hydrogens (tertiary/aromatic N) is 2. The lowest BCUT2D eigenvalue weighted by Gasteiger charge is -2.25. The molecule has 0 saturated carbocycles. The van der Waals surface area contributed by atoms with Crippen molar-refractivity contribution in [1.29, 1.82) is 0 Å². The molecule has 0 bridgehead atoms. The highest BCUT2D eigenvalue weighted by Crippen LogP contribution is 2.02. The maximum atomic E-state index is 11.5. The topological polar surface area (TPSA) is 72.9 Å². The van der Waals surface area contributed by atoms with Gasteiger partial charge >= 0.3 is 5.97 Å². The summed E-state index contributed by atoms with van der Waals surface area (Å²) in [6, 6.07) is 0. The SMILES string of the molecule is CCN(CC)CCCN(CC(=O)NC)CC(C)C(=O)O. The number of hydrogen-bond donors (Lipinski definition) is 2. The highest BCUT2D eigenvalue weighted by molar-refractivity contribution is 5.77. The van der Waals surface area contributed by atoms with Gasteiger partial charge in [-0.15, -0.1) is 0 Å². The van der Waals surface area contributed by atoms with Crippen LogP contribution in [0.1, 0.15) is 27.2 Å². The first kappa shape index (κ1) is 18.9. The Bertz CT molecular complexity index is 293. The molecule has 0 heterocycles. The minimum Gasteiger partial charge on any atom is -0.481 e. The van der Waals surface area contributed by atoms with Crippen molar-refractivity contribution in [1.82, 2.24) is 15.1 Å². The van der Waals surface area contributed by atoms with Crippen LogP contribution in [0, 0.1) is 5.92 Å². The average Bonchev–Trinajstić information content (AvgIpc) is 2.42. The molecule has 0 aromatic carbocycles. The minimum absolute atomic E-state index is 0.0783. The first-order valence-corrected chi connectivity index (χ1v) is 7.32. The van der Waals surface area contributed by atoms with Crippen LogP contribution in [0.2, 0.25) is 0 Å². The molecule has 118 valence electrons. The maximum absolute atomic E-state index is 11.5. The molecule has 0 rings (SSSR count). The summed E-state index contributed by atoms with van der Waals surface area (Å²) in [7, 11) is 1.59. The number of carboxylic acid groups (broad SMARTS) is 1. The number of carboxylic acids is 1. The molecule has 0 aliphatic heterocycles. The predicted octanol–water partition coefficient (Wildman–Crippen LogP) is 0.487. The van der Waals surface area contributed by atoms with E-state index in [1.807, 2.05) is 4.90 Å². The van der Waals surface area contributed by atoms with Crippen LogP contribution in [0.4, 0.5) is 0 Å². The lowest BCUT2D eigenvalue weighted by molar-refractivity contribution is -0.142. The van der Waals surface area contributed by atoms with Gasteiger partial charge in [-0.3, -0.25) is 14.5 Å². The second-order valence-corrected chi connectivity index (χ2v) is 5.03. The van der Waals surface area contributed by atoms with Crippen LogP contribution >= 0.6 is 0 Å². The van der Waals surface area contributed by atoms with Crippen LogP contribution < -0.4 is 5.32 Å². The summed E-state index contributed by atoms with van der Waals surface area (Å²) >= 11 is 0. The highest BCUT2D eigenvalue weighted by Gasteiger charge is 2.18. The van der Waals surface area contributed by atoms with Crippen LogP contribution in [-0.2, 0) is 9.59 Å². The summed E-state index contributed by atoms with van der Waals surface area (Å²) in [6.45, 7) is 10.3. The molecule has 0 aromatic rings. The van der Waals surface area contributed by atoms with E-state index in [0.29, 0.717) is 6.54 Å². The summed E-state index contributed by atoms with van der Waals surface area (Å²) in [6.07, 6.45) is 0.936. The number of rotatable bonds is 11. The number of hydrogen-bond acceptors (Lipinski definition) is 4. The molecule has 6 nitrogen and oxygen atoms in total. The molecule has 0 radical (unpaired) electrons. The number of likely N-dealkylation sites (N-methyl/N-ethyl adjacent to an activating group) is 1. The van der Waals surface area contributed by atoms with Crippen LogP contribution in [0.25, 0.3) is 0 Å². The van der Waals surface area contributed by atoms with Gasteiger partial charge in [0.05, 0.1) is 12.5 Å². The molecule has 2 N–H and O–H groups in total. The number of amides is 1. The van der Waals surface area contributed by atoms with E-state index in [9.17, 15) is 9.59 Å². The standard InChI is InChI=1S/C14H29N3O3/c1-5-16(6-2)8-7-9-17(11-13(18)15-4)10-12(3)14(19)20/h12H,5-11H2,1-4H3,(H,15,18)(H,19,20). The fourth-order valence-corrected chi connectivity index (χ4v) is 2.04. The molecular weight excluding hydrogens is 258 g/mol. The third kappa shape index (κ3) is 8.12. The molecule has 1 amide bonds. The van der Waals surface area contributed by atoms with E-state index in [0.717, 1.165) is 32.6 Å². The fourth-order valence-electron chi connectivity index (χ4n) is 2.04. The van der Waals surface area contributed by atoms with Crippen molar-refractivity contribution in [2.45, 2.75) is 27.2 Å². The number of aliphatic carboxylic acids is 1. The highest BCUT2D eigenvalue weighted by atomic mass is 16.4. The zero-order valence-corrected chi connectivity index (χ0v) is 13.2. The third-order valence-electron chi connectivity index (χ3n) is 3.44. The van der Waals surface area contributed by atoms with Crippen molar-refractivity contribution in [3.63, 3.8) is 0 Å². The monoisotopic (exact) mass is 287 g/mol. The Morgan fingerprint density at radius 3 is 2.15 bits per heavy atom. The summed E-state index contributed by atoms with van der Waals surface area (Å²) in [4.78, 5) is 26.6. The number of nitrogens with one attached hydrogen (secondary N) is 1. The van der Waals surface area contributed by atoms with Crippen LogP contribution in [0.3, 0.4) is 0 Å². The lowest BCUT2D eigenvalue weighted by Crippen LogP contribution is -2.40. The van der Waals surface area contributed by atoms with Gasteiger partial charge in [0.2, 0.25) is 5.91 Å². The second kappa shape index (κ2) is 10.6. The average molecular weight is 287 g/mol. The molecule has 0 spiro atoms. The molecule has 6 heteroatoms. The Balaban J connectivity index is 4.30. The Labute approximate surface area is 122 Å². The summed E-state index contributed by atoms with van der Waals surface area (Å²) in [5.74, 6) is -1.37. The Morgan fingerprint density at radius 1 is 1.15 bits per heavy atom. The van der Waals surface area contributed by atoms with E-state index in [1.54, 1.807) is 14.0 Å². The van der Waals surface area contributed by atoms with Crippen LogP contribution in [0.15, 0.2) is 0 Å². The second-order valence-electron chi connectivity index (χ2n) is 5.03. The molecular formula is C14H29N3O3. The summed E-state index contributed by atoms with van der Waals surface area (Å²) in [5, 5.41) is 11.6. The van der Waals surface area contributed by atoms with E-state index < -0.39 is 11.9 Å². The van der Waals surface area contributed by atoms with Crippen molar-refractivity contribution in [3.05, 3.63) is 0 Å². The van der Waals surface area contributed by atoms with Gasteiger partial charge < -0.3 is 15.3 Å². The van der Waals surface area contributed by atoms with E-state index in [4.69, 9.17) is 5.11 Å². The van der Waals surface area contributed by atoms with E-state index in [2.05, 4.69) is 24.1 Å². The predicted molar refractivity (Wildman–Crippen MR) is 79.7 cm³/mol. The zero-order chi connectivity index (χ0) is 15.5. The van der Waals surface area contributed by atoms with Gasteiger partial charge in [0.25, 0.3) is 0 Å². The molecule has 0 saturated heterocycles. The zero-order valence-electron chi connectivity index (χ0n) is 13.2. The smallest absolute Gasteiger partial charge is 0.307 e. The minimum atomic E-state index is -0.823. The quantitative estimate of drug-likeness (QED) is 0.578. The lowest BCUT2D eigenvalue weighted by atomic mass is 10.1. The molecule has 0 aliphatic rings. The molecule has 1 unspecified atom stereocenters. The Kier molecular flexibility index (Phi) is 10.0. The van der Waals surface area contributed by atoms with E-state index in [-0.39, 0.29) is 12.5 Å².